The molecule has 0 saturated carbocycles. The Balaban J connectivity index is 1.20. The van der Waals surface area contributed by atoms with E-state index in [4.69, 9.17) is 0 Å². The summed E-state index contributed by atoms with van der Waals surface area (Å²) in [7, 11) is 0. The third-order valence-electron chi connectivity index (χ3n) is 19.2. The quantitative estimate of drug-likeness (QED) is 0.160. The van der Waals surface area contributed by atoms with Crippen molar-refractivity contribution in [3.63, 3.8) is 0 Å². The molecule has 0 fully saturated rings. The van der Waals surface area contributed by atoms with Crippen molar-refractivity contribution in [1.29, 1.82) is 0 Å². The highest BCUT2D eigenvalue weighted by Gasteiger charge is 2.52. The molecule has 0 bridgehead atoms. The number of nitrogens with zero attached hydrogens (tertiary/aromatic N) is 3. The number of benzene rings is 5. The van der Waals surface area contributed by atoms with Gasteiger partial charge in [0, 0.05) is 62.1 Å². The molecule has 0 amide bonds. The Bertz CT molecular complexity index is 3140. The molecule has 13 rings (SSSR count). The monoisotopic (exact) mass is 902 g/mol. The fourth-order valence-corrected chi connectivity index (χ4v) is 16.2. The Kier molecular flexibility index (Phi) is 8.68. The molecule has 7 aliphatic rings. The summed E-state index contributed by atoms with van der Waals surface area (Å²) in [6, 6.07) is 30.4. The standard InChI is InChI=1S/C62H72BN3S/c1-57(2)25-27-59(5,6)44-33-37(21-23-42(44)57)65-49-36-47-46(61(9,10)29-30-62(47,11)12)35-48(49)63-51-53(65)40-18-15-31-64-32-16-19-41(52(40)64)54(51)66(55-39-17-13-14-20-50(39)67-56(55)63)38-22-24-43-45(34-38)60(7,8)28-26-58(43,3)4/h13-14,17,20-24,33-36H,15-16,18-19,25-32H2,1-12H3. The van der Waals surface area contributed by atoms with Gasteiger partial charge in [-0.25, -0.2) is 0 Å². The van der Waals surface area contributed by atoms with Crippen LogP contribution in [0.25, 0.3) is 10.1 Å². The van der Waals surface area contributed by atoms with Crippen molar-refractivity contribution in [2.24, 2.45) is 0 Å². The van der Waals surface area contributed by atoms with Crippen LogP contribution in [0.4, 0.5) is 39.8 Å². The van der Waals surface area contributed by atoms with E-state index in [1.165, 1.54) is 123 Å². The first kappa shape index (κ1) is 42.6. The molecule has 0 atom stereocenters. The van der Waals surface area contributed by atoms with Crippen molar-refractivity contribution < 1.29 is 0 Å². The Labute approximate surface area is 406 Å². The summed E-state index contributed by atoms with van der Waals surface area (Å²) in [6.07, 6.45) is 11.9. The van der Waals surface area contributed by atoms with Crippen molar-refractivity contribution in [2.45, 2.75) is 180 Å². The molecule has 0 unspecified atom stereocenters. The van der Waals surface area contributed by atoms with E-state index >= 15 is 0 Å². The average Bonchev–Trinajstić information content (AvgIpc) is 3.68. The summed E-state index contributed by atoms with van der Waals surface area (Å²) in [5, 5.41) is 1.40. The van der Waals surface area contributed by atoms with Gasteiger partial charge in [-0.05, 0) is 189 Å². The maximum atomic E-state index is 2.86. The van der Waals surface area contributed by atoms with Gasteiger partial charge < -0.3 is 14.7 Å². The molecule has 0 N–H and O–H groups in total. The van der Waals surface area contributed by atoms with Crippen LogP contribution < -0.4 is 30.4 Å². The minimum absolute atomic E-state index is 0.0840. The second-order valence-electron chi connectivity index (χ2n) is 26.2. The van der Waals surface area contributed by atoms with Crippen molar-refractivity contribution in [3.05, 3.63) is 117 Å². The molecule has 0 saturated heterocycles. The van der Waals surface area contributed by atoms with Crippen LogP contribution in [0.5, 0.6) is 0 Å². The number of hydrogen-bond donors (Lipinski definition) is 0. The molecule has 344 valence electrons. The molecule has 0 spiro atoms. The topological polar surface area (TPSA) is 9.72 Å². The summed E-state index contributed by atoms with van der Waals surface area (Å²) < 4.78 is 2.92. The first-order valence-electron chi connectivity index (χ1n) is 26.3. The Morgan fingerprint density at radius 3 is 1.48 bits per heavy atom. The molecule has 0 radical (unpaired) electrons. The SMILES string of the molecule is CC1(C)CCC(C)(C)c2cc(N3c4cc5c(cc4B4c6sc7ccccc7c6N(c6ccc7c(c6)C(C)(C)CCC7(C)C)c6c7c8c(c3c64)CCCN8CCC7)C(C)(C)CCC5(C)C)ccc21. The molecule has 6 aromatic rings. The Morgan fingerprint density at radius 1 is 0.463 bits per heavy atom. The van der Waals surface area contributed by atoms with Gasteiger partial charge in [0.15, 0.2) is 0 Å². The van der Waals surface area contributed by atoms with Crippen LogP contribution in [0.2, 0.25) is 0 Å². The predicted molar refractivity (Wildman–Crippen MR) is 291 cm³/mol. The van der Waals surface area contributed by atoms with Gasteiger partial charge in [0.2, 0.25) is 0 Å². The number of thiophene rings is 1. The van der Waals surface area contributed by atoms with Gasteiger partial charge in [0.25, 0.3) is 6.71 Å². The lowest BCUT2D eigenvalue weighted by atomic mass is 9.35. The zero-order valence-electron chi connectivity index (χ0n) is 42.7. The molecule has 5 heterocycles. The highest BCUT2D eigenvalue weighted by molar-refractivity contribution is 7.33. The van der Waals surface area contributed by atoms with E-state index in [2.05, 4.69) is 182 Å². The Morgan fingerprint density at radius 2 is 0.925 bits per heavy atom. The molecule has 4 aliphatic heterocycles. The number of anilines is 7. The van der Waals surface area contributed by atoms with Gasteiger partial charge in [-0.1, -0.05) is 119 Å². The van der Waals surface area contributed by atoms with E-state index in [0.717, 1.165) is 25.9 Å². The van der Waals surface area contributed by atoms with Gasteiger partial charge in [-0.3, -0.25) is 0 Å². The van der Waals surface area contributed by atoms with E-state index in [1.807, 2.05) is 0 Å². The van der Waals surface area contributed by atoms with Gasteiger partial charge in [-0.15, -0.1) is 11.3 Å². The molecule has 3 nitrogen and oxygen atoms in total. The molecule has 5 aromatic carbocycles. The minimum atomic E-state index is 0.0840. The lowest BCUT2D eigenvalue weighted by Crippen LogP contribution is -2.62. The fourth-order valence-electron chi connectivity index (χ4n) is 14.9. The zero-order valence-corrected chi connectivity index (χ0v) is 43.6. The van der Waals surface area contributed by atoms with Crippen LogP contribution in [0.1, 0.15) is 179 Å². The van der Waals surface area contributed by atoms with Crippen LogP contribution in [0.3, 0.4) is 0 Å². The van der Waals surface area contributed by atoms with E-state index in [-0.39, 0.29) is 39.2 Å². The predicted octanol–water partition coefficient (Wildman–Crippen LogP) is 14.7. The molecular weight excluding hydrogens is 830 g/mol. The van der Waals surface area contributed by atoms with E-state index in [1.54, 1.807) is 39.0 Å². The zero-order chi connectivity index (χ0) is 46.5. The largest absolute Gasteiger partial charge is 0.371 e. The normalized spacial score (nSPS) is 22.5. The van der Waals surface area contributed by atoms with Crippen LogP contribution in [0, 0.1) is 0 Å². The first-order chi connectivity index (χ1) is 31.7. The fraction of sp³-hybridized carbons (Fsp3) is 0.484. The Hall–Kier alpha value is -4.48. The van der Waals surface area contributed by atoms with Crippen LogP contribution in [-0.4, -0.2) is 19.8 Å². The lowest BCUT2D eigenvalue weighted by molar-refractivity contribution is 0.332. The van der Waals surface area contributed by atoms with Gasteiger partial charge in [0.1, 0.15) is 0 Å². The van der Waals surface area contributed by atoms with Crippen molar-refractivity contribution in [1.82, 2.24) is 0 Å². The second kappa shape index (κ2) is 13.6. The van der Waals surface area contributed by atoms with E-state index < -0.39 is 0 Å². The highest BCUT2D eigenvalue weighted by atomic mass is 32.1. The van der Waals surface area contributed by atoms with Crippen LogP contribution >= 0.6 is 11.3 Å². The van der Waals surface area contributed by atoms with Crippen molar-refractivity contribution in [3.8, 4) is 0 Å². The lowest BCUT2D eigenvalue weighted by Gasteiger charge is -2.51. The third-order valence-corrected chi connectivity index (χ3v) is 20.5. The van der Waals surface area contributed by atoms with Gasteiger partial charge in [0.05, 0.1) is 5.69 Å². The second-order valence-corrected chi connectivity index (χ2v) is 27.3. The smallest absolute Gasteiger partial charge is 0.264 e. The molecule has 5 heteroatoms. The minimum Gasteiger partial charge on any atom is -0.371 e. The highest BCUT2D eigenvalue weighted by Crippen LogP contribution is 2.58. The summed E-state index contributed by atoms with van der Waals surface area (Å²) in [6.45, 7) is 32.5. The van der Waals surface area contributed by atoms with Crippen molar-refractivity contribution in [2.75, 3.05) is 27.8 Å². The maximum Gasteiger partial charge on any atom is 0.264 e. The molecule has 1 aromatic heterocycles. The summed E-state index contributed by atoms with van der Waals surface area (Å²) >= 11 is 2.08. The van der Waals surface area contributed by atoms with Crippen LogP contribution in [0.15, 0.2) is 72.8 Å². The summed E-state index contributed by atoms with van der Waals surface area (Å²) in [5.41, 5.74) is 26.3. The third kappa shape index (κ3) is 5.82. The number of fused-ring (bicyclic) bond motifs is 11. The molecular formula is C62H72BN3S. The number of hydrogen-bond acceptors (Lipinski definition) is 4. The molecule has 67 heavy (non-hydrogen) atoms. The summed E-state index contributed by atoms with van der Waals surface area (Å²) in [4.78, 5) is 8.54. The van der Waals surface area contributed by atoms with Crippen LogP contribution in [-0.2, 0) is 45.3 Å². The van der Waals surface area contributed by atoms with E-state index in [0.29, 0.717) is 0 Å². The summed E-state index contributed by atoms with van der Waals surface area (Å²) in [5.74, 6) is 0. The number of rotatable bonds is 2. The van der Waals surface area contributed by atoms with Gasteiger partial charge in [-0.2, -0.15) is 0 Å². The van der Waals surface area contributed by atoms with Gasteiger partial charge >= 0.3 is 0 Å². The van der Waals surface area contributed by atoms with Crippen molar-refractivity contribution >= 4 is 83.6 Å². The maximum absolute atomic E-state index is 2.86. The average molecular weight is 902 g/mol. The van der Waals surface area contributed by atoms with E-state index in [9.17, 15) is 0 Å². The molecule has 3 aliphatic carbocycles. The first-order valence-corrected chi connectivity index (χ1v) is 27.1.